The van der Waals surface area contributed by atoms with E-state index in [2.05, 4.69) is 10.3 Å². The Balaban J connectivity index is 2.17. The predicted molar refractivity (Wildman–Crippen MR) is 82.8 cm³/mol. The summed E-state index contributed by atoms with van der Waals surface area (Å²) in [6, 6.07) is 0. The molecular weight excluding hydrogens is 321 g/mol. The molecule has 0 unspecified atom stereocenters. The Morgan fingerprint density at radius 1 is 1.46 bits per heavy atom. The smallest absolute Gasteiger partial charge is 0.351 e. The van der Waals surface area contributed by atoms with Crippen molar-refractivity contribution in [1.82, 2.24) is 9.55 Å². The van der Waals surface area contributed by atoms with Crippen molar-refractivity contribution in [3.8, 4) is 0 Å². The second-order valence-corrected chi connectivity index (χ2v) is 6.32. The fourth-order valence-corrected chi connectivity index (χ4v) is 2.39. The number of aromatic nitrogens is 2. The van der Waals surface area contributed by atoms with Crippen LogP contribution in [-0.2, 0) is 9.53 Å². The van der Waals surface area contributed by atoms with Gasteiger partial charge in [0.1, 0.15) is 12.2 Å². The van der Waals surface area contributed by atoms with E-state index in [9.17, 15) is 24.2 Å². The van der Waals surface area contributed by atoms with Gasteiger partial charge in [-0.1, -0.05) is 13.8 Å². The van der Waals surface area contributed by atoms with Crippen molar-refractivity contribution in [3.05, 3.63) is 22.5 Å². The van der Waals surface area contributed by atoms with Crippen molar-refractivity contribution in [2.24, 2.45) is 5.92 Å². The Morgan fingerprint density at radius 2 is 2.12 bits per heavy atom. The van der Waals surface area contributed by atoms with Gasteiger partial charge in [0.2, 0.25) is 5.91 Å². The Morgan fingerprint density at radius 3 is 2.67 bits per heavy atom. The van der Waals surface area contributed by atoms with Crippen LogP contribution in [0.5, 0.6) is 0 Å². The van der Waals surface area contributed by atoms with Gasteiger partial charge in [0.05, 0.1) is 12.3 Å². The number of anilines is 1. The first-order valence-electron chi connectivity index (χ1n) is 7.80. The zero-order chi connectivity index (χ0) is 18.0. The van der Waals surface area contributed by atoms with Crippen LogP contribution in [0.1, 0.15) is 39.8 Å². The predicted octanol–water partition coefficient (Wildman–Crippen LogP) is 0.396. The molecule has 1 amide bonds. The average molecular weight is 343 g/mol. The van der Waals surface area contributed by atoms with Gasteiger partial charge < -0.3 is 20.3 Å². The van der Waals surface area contributed by atoms with E-state index in [1.165, 1.54) is 6.92 Å². The number of aliphatic hydroxyl groups is 2. The first-order valence-corrected chi connectivity index (χ1v) is 7.80. The minimum Gasteiger partial charge on any atom is -0.388 e. The number of carbonyl (C=O) groups is 1. The normalized spacial score (nSPS) is 26.8. The molecule has 134 valence electrons. The van der Waals surface area contributed by atoms with Crippen LogP contribution in [0.4, 0.5) is 10.2 Å². The summed E-state index contributed by atoms with van der Waals surface area (Å²) in [6.45, 7) is 5.43. The summed E-state index contributed by atoms with van der Waals surface area (Å²) in [7, 11) is 0. The van der Waals surface area contributed by atoms with Crippen molar-refractivity contribution in [2.75, 3.05) is 5.32 Å². The summed E-state index contributed by atoms with van der Waals surface area (Å²) in [5.74, 6) is -1.52. The lowest BCUT2D eigenvalue weighted by Crippen LogP contribution is -2.36. The molecule has 1 aliphatic rings. The van der Waals surface area contributed by atoms with E-state index in [1.54, 1.807) is 0 Å². The first-order chi connectivity index (χ1) is 11.2. The van der Waals surface area contributed by atoms with Crippen molar-refractivity contribution in [1.29, 1.82) is 0 Å². The highest BCUT2D eigenvalue weighted by Gasteiger charge is 2.42. The molecule has 9 heteroatoms. The molecule has 0 aromatic carbocycles. The molecule has 1 aromatic rings. The van der Waals surface area contributed by atoms with Gasteiger partial charge in [-0.25, -0.2) is 9.18 Å². The highest BCUT2D eigenvalue weighted by Crippen LogP contribution is 2.28. The number of carbonyl (C=O) groups excluding carboxylic acids is 1. The first kappa shape index (κ1) is 18.5. The van der Waals surface area contributed by atoms with Crippen LogP contribution in [0, 0.1) is 11.7 Å². The largest absolute Gasteiger partial charge is 0.388 e. The molecule has 4 atom stereocenters. The number of hydrogen-bond donors (Lipinski definition) is 3. The highest BCUT2D eigenvalue weighted by molar-refractivity contribution is 5.89. The number of nitrogens with one attached hydrogen (secondary N) is 1. The molecule has 8 nitrogen and oxygen atoms in total. The summed E-state index contributed by atoms with van der Waals surface area (Å²) in [4.78, 5) is 27.3. The molecule has 0 spiro atoms. The molecule has 3 N–H and O–H groups in total. The van der Waals surface area contributed by atoms with E-state index in [0.717, 1.165) is 10.8 Å². The molecule has 0 radical (unpaired) electrons. The topological polar surface area (TPSA) is 114 Å². The zero-order valence-corrected chi connectivity index (χ0v) is 13.8. The molecule has 0 aliphatic carbocycles. The molecule has 1 aromatic heterocycles. The molecule has 1 saturated heterocycles. The van der Waals surface area contributed by atoms with Crippen molar-refractivity contribution < 1.29 is 24.1 Å². The minimum absolute atomic E-state index is 0.191. The van der Waals surface area contributed by atoms with Gasteiger partial charge in [0.15, 0.2) is 17.9 Å². The van der Waals surface area contributed by atoms with Crippen LogP contribution in [0.2, 0.25) is 0 Å². The monoisotopic (exact) mass is 343 g/mol. The van der Waals surface area contributed by atoms with Crippen molar-refractivity contribution >= 4 is 11.7 Å². The number of ether oxygens (including phenoxy) is 1. The third-order valence-electron chi connectivity index (χ3n) is 3.86. The molecule has 2 rings (SSSR count). The third kappa shape index (κ3) is 3.97. The van der Waals surface area contributed by atoms with Gasteiger partial charge in [0.25, 0.3) is 0 Å². The Hall–Kier alpha value is -1.84. The quantitative estimate of drug-likeness (QED) is 0.713. The number of halogens is 1. The Bertz CT molecular complexity index is 663. The molecular formula is C15H22FN3O5. The lowest BCUT2D eigenvalue weighted by Gasteiger charge is -2.17. The standard InChI is InChI=1S/C15H22FN3O5/c1-7(2)4-5-10(20)17-13-9(16)6-19(15(23)18-13)14-12(22)11(21)8(3)24-14/h6-8,11-12,14,21-22H,4-5H2,1-3H3,(H,17,18,20,23)/t8-,11-,12-,14-/m1/s1. The molecule has 1 fully saturated rings. The summed E-state index contributed by atoms with van der Waals surface area (Å²) >= 11 is 0. The van der Waals surface area contributed by atoms with E-state index in [-0.39, 0.29) is 6.42 Å². The number of amides is 1. The SMILES string of the molecule is CC(C)CCC(=O)Nc1nc(=O)n([C@@H]2O[C@H](C)[C@@H](O)[C@H]2O)cc1F. The summed E-state index contributed by atoms with van der Waals surface area (Å²) in [5.41, 5.74) is -0.902. The van der Waals surface area contributed by atoms with Crippen LogP contribution in [-0.4, -0.2) is 44.0 Å². The van der Waals surface area contributed by atoms with Crippen LogP contribution in [0.3, 0.4) is 0 Å². The number of hydrogen-bond acceptors (Lipinski definition) is 6. The molecule has 0 saturated carbocycles. The molecule has 0 bridgehead atoms. The number of aliphatic hydroxyl groups excluding tert-OH is 2. The second-order valence-electron chi connectivity index (χ2n) is 6.32. The van der Waals surface area contributed by atoms with Crippen molar-refractivity contribution in [3.63, 3.8) is 0 Å². The maximum atomic E-state index is 14.1. The number of rotatable bonds is 5. The minimum atomic E-state index is -1.38. The molecule has 1 aliphatic heterocycles. The van der Waals surface area contributed by atoms with E-state index in [0.29, 0.717) is 12.3 Å². The summed E-state index contributed by atoms with van der Waals surface area (Å²) < 4.78 is 20.2. The van der Waals surface area contributed by atoms with E-state index in [4.69, 9.17) is 4.74 Å². The highest BCUT2D eigenvalue weighted by atomic mass is 19.1. The van der Waals surface area contributed by atoms with Crippen molar-refractivity contribution in [2.45, 2.75) is 58.2 Å². The molecule has 24 heavy (non-hydrogen) atoms. The van der Waals surface area contributed by atoms with Gasteiger partial charge in [0, 0.05) is 6.42 Å². The van der Waals surface area contributed by atoms with E-state index < -0.39 is 47.8 Å². The third-order valence-corrected chi connectivity index (χ3v) is 3.86. The summed E-state index contributed by atoms with van der Waals surface area (Å²) in [6.07, 6.45) is -2.92. The zero-order valence-electron chi connectivity index (χ0n) is 13.8. The Kier molecular flexibility index (Phi) is 5.68. The van der Waals surface area contributed by atoms with Crippen LogP contribution in [0.15, 0.2) is 11.0 Å². The fourth-order valence-electron chi connectivity index (χ4n) is 2.39. The maximum Gasteiger partial charge on any atom is 0.351 e. The molecule has 2 heterocycles. The number of nitrogens with zero attached hydrogens (tertiary/aromatic N) is 2. The van der Waals surface area contributed by atoms with Gasteiger partial charge in [-0.3, -0.25) is 9.36 Å². The van der Waals surface area contributed by atoms with Gasteiger partial charge in [-0.2, -0.15) is 4.98 Å². The van der Waals surface area contributed by atoms with Gasteiger partial charge in [-0.05, 0) is 19.3 Å². The maximum absolute atomic E-state index is 14.1. The average Bonchev–Trinajstić information content (AvgIpc) is 2.76. The van der Waals surface area contributed by atoms with E-state index in [1.807, 2.05) is 13.8 Å². The van der Waals surface area contributed by atoms with Gasteiger partial charge >= 0.3 is 5.69 Å². The second kappa shape index (κ2) is 7.37. The van der Waals surface area contributed by atoms with E-state index >= 15 is 0 Å². The van der Waals surface area contributed by atoms with Crippen LogP contribution < -0.4 is 11.0 Å². The fraction of sp³-hybridized carbons (Fsp3) is 0.667. The summed E-state index contributed by atoms with van der Waals surface area (Å²) in [5, 5.41) is 21.8. The van der Waals surface area contributed by atoms with Gasteiger partial charge in [-0.15, -0.1) is 0 Å². The lowest BCUT2D eigenvalue weighted by atomic mass is 10.1. The lowest BCUT2D eigenvalue weighted by molar-refractivity contribution is -0.116. The Labute approximate surface area is 138 Å². The van der Waals surface area contributed by atoms with Crippen LogP contribution in [0.25, 0.3) is 0 Å². The van der Waals surface area contributed by atoms with Crippen LogP contribution >= 0.6 is 0 Å².